The molecule has 0 aliphatic carbocycles. The number of hydrogen-bond acceptors (Lipinski definition) is 6. The maximum atomic E-state index is 12.5. The average molecular weight is 410 g/mol. The molecule has 1 N–H and O–H groups in total. The molecule has 29 heavy (non-hydrogen) atoms. The number of aryl methyl sites for hydroxylation is 1. The van der Waals surface area contributed by atoms with Crippen molar-refractivity contribution in [1.82, 2.24) is 19.7 Å². The Balaban J connectivity index is 2.13. The van der Waals surface area contributed by atoms with Gasteiger partial charge >= 0.3 is 6.36 Å². The lowest BCUT2D eigenvalue weighted by Gasteiger charge is -2.15. The number of hydrogen-bond donors (Lipinski definition) is 1. The summed E-state index contributed by atoms with van der Waals surface area (Å²) >= 11 is 0. The van der Waals surface area contributed by atoms with Crippen LogP contribution in [0.1, 0.15) is 38.4 Å². The minimum atomic E-state index is -4.81. The van der Waals surface area contributed by atoms with Crippen molar-refractivity contribution in [3.63, 3.8) is 0 Å². The second-order valence-corrected chi connectivity index (χ2v) is 6.48. The van der Waals surface area contributed by atoms with Gasteiger partial charge in [-0.25, -0.2) is 14.6 Å². The van der Waals surface area contributed by atoms with E-state index in [1.807, 2.05) is 13.8 Å². The molecule has 0 aliphatic rings. The van der Waals surface area contributed by atoms with Crippen LogP contribution in [0.3, 0.4) is 0 Å². The van der Waals surface area contributed by atoms with E-state index in [1.54, 1.807) is 11.6 Å². The summed E-state index contributed by atoms with van der Waals surface area (Å²) in [6.07, 6.45) is -3.19. The van der Waals surface area contributed by atoms with Crippen LogP contribution in [0, 0.1) is 6.92 Å². The monoisotopic (exact) mass is 410 g/mol. The molecule has 0 aliphatic heterocycles. The van der Waals surface area contributed by atoms with E-state index in [9.17, 15) is 18.3 Å². The van der Waals surface area contributed by atoms with Gasteiger partial charge in [-0.3, -0.25) is 0 Å². The molecule has 3 rings (SSSR count). The summed E-state index contributed by atoms with van der Waals surface area (Å²) in [5.74, 6) is -0.527. The molecule has 0 amide bonds. The molecule has 7 nitrogen and oxygen atoms in total. The first kappa shape index (κ1) is 20.7. The van der Waals surface area contributed by atoms with E-state index < -0.39 is 12.1 Å². The molecule has 2 aromatic heterocycles. The highest BCUT2D eigenvalue weighted by Gasteiger charge is 2.31. The fourth-order valence-corrected chi connectivity index (χ4v) is 3.22. The van der Waals surface area contributed by atoms with Crippen LogP contribution in [0.2, 0.25) is 0 Å². The minimum absolute atomic E-state index is 0.0614. The number of alkyl halides is 3. The first-order valence-corrected chi connectivity index (χ1v) is 9.08. The lowest BCUT2D eigenvalue weighted by Crippen LogP contribution is -2.17. The minimum Gasteiger partial charge on any atom is -0.496 e. The van der Waals surface area contributed by atoms with E-state index in [2.05, 4.69) is 19.8 Å². The van der Waals surface area contributed by atoms with Gasteiger partial charge in [0.25, 0.3) is 5.88 Å². The summed E-state index contributed by atoms with van der Waals surface area (Å²) in [5, 5.41) is 14.5. The van der Waals surface area contributed by atoms with Crippen LogP contribution >= 0.6 is 0 Å². The first-order valence-electron chi connectivity index (χ1n) is 9.08. The summed E-state index contributed by atoms with van der Waals surface area (Å²) in [5.41, 5.74) is 1.98. The predicted molar refractivity (Wildman–Crippen MR) is 100 cm³/mol. The first-order chi connectivity index (χ1) is 13.7. The summed E-state index contributed by atoms with van der Waals surface area (Å²) in [6.45, 7) is 5.76. The summed E-state index contributed by atoms with van der Waals surface area (Å²) < 4.78 is 48.3. The number of benzene rings is 1. The van der Waals surface area contributed by atoms with Gasteiger partial charge in [0.15, 0.2) is 11.2 Å². The van der Waals surface area contributed by atoms with E-state index in [0.717, 1.165) is 18.9 Å². The average Bonchev–Trinajstić information content (AvgIpc) is 2.96. The summed E-state index contributed by atoms with van der Waals surface area (Å²) in [6, 6.07) is 3.77. The Morgan fingerprint density at radius 1 is 1.17 bits per heavy atom. The van der Waals surface area contributed by atoms with Crippen molar-refractivity contribution < 1.29 is 27.8 Å². The number of rotatable bonds is 6. The highest BCUT2D eigenvalue weighted by molar-refractivity contribution is 5.81. The number of methoxy groups -OCH3 is 1. The molecule has 3 aromatic rings. The third-order valence-electron chi connectivity index (χ3n) is 4.63. The van der Waals surface area contributed by atoms with Crippen molar-refractivity contribution in [3.05, 3.63) is 23.9 Å². The SMILES string of the molecule is CCC(CC)n1nc(O)c2nc(-c3ccc(OC(F)(F)F)cc3OC)c(C)nc21. The molecule has 0 saturated heterocycles. The third-order valence-corrected chi connectivity index (χ3v) is 4.63. The molecule has 0 bridgehead atoms. The zero-order valence-corrected chi connectivity index (χ0v) is 16.4. The van der Waals surface area contributed by atoms with E-state index >= 15 is 0 Å². The fraction of sp³-hybridized carbons (Fsp3) is 0.421. The quantitative estimate of drug-likeness (QED) is 0.630. The van der Waals surface area contributed by atoms with Crippen LogP contribution < -0.4 is 9.47 Å². The van der Waals surface area contributed by atoms with Crippen LogP contribution in [0.25, 0.3) is 22.4 Å². The number of ether oxygens (including phenoxy) is 2. The van der Waals surface area contributed by atoms with Crippen molar-refractivity contribution in [2.24, 2.45) is 0 Å². The standard InChI is InChI=1S/C19H21F3N4O3/c1-5-11(6-2)26-17-16(18(27)25-26)24-15(10(3)23-17)13-8-7-12(9-14(13)28-4)29-19(20,21)22/h7-9,11H,5-6H2,1-4H3,(H,25,27). The van der Waals surface area contributed by atoms with Gasteiger partial charge in [-0.2, -0.15) is 0 Å². The Labute approximate surface area is 165 Å². The molecule has 0 spiro atoms. The van der Waals surface area contributed by atoms with Gasteiger partial charge in [0, 0.05) is 11.6 Å². The van der Waals surface area contributed by atoms with Gasteiger partial charge in [-0.1, -0.05) is 13.8 Å². The summed E-state index contributed by atoms with van der Waals surface area (Å²) in [7, 11) is 1.33. The Kier molecular flexibility index (Phi) is 5.54. The molecule has 2 heterocycles. The van der Waals surface area contributed by atoms with Gasteiger partial charge in [0.1, 0.15) is 11.5 Å². The van der Waals surface area contributed by atoms with Crippen LogP contribution in [-0.4, -0.2) is 38.3 Å². The highest BCUT2D eigenvalue weighted by atomic mass is 19.4. The molecule has 10 heteroatoms. The normalized spacial score (nSPS) is 12.0. The van der Waals surface area contributed by atoms with Gasteiger partial charge in [-0.05, 0) is 31.9 Å². The maximum absolute atomic E-state index is 12.5. The van der Waals surface area contributed by atoms with Crippen LogP contribution in [0.4, 0.5) is 13.2 Å². The molecule has 1 aromatic carbocycles. The Bertz CT molecular complexity index is 1030. The van der Waals surface area contributed by atoms with E-state index in [-0.39, 0.29) is 23.2 Å². The topological polar surface area (TPSA) is 82.3 Å². The largest absolute Gasteiger partial charge is 0.573 e. The molecule has 0 radical (unpaired) electrons. The predicted octanol–water partition coefficient (Wildman–Crippen LogP) is 4.78. The summed E-state index contributed by atoms with van der Waals surface area (Å²) in [4.78, 5) is 9.05. The van der Waals surface area contributed by atoms with Crippen LogP contribution in [0.5, 0.6) is 17.4 Å². The van der Waals surface area contributed by atoms with Crippen molar-refractivity contribution in [2.75, 3.05) is 7.11 Å². The number of aromatic hydroxyl groups is 1. The number of halogens is 3. The highest BCUT2D eigenvalue weighted by Crippen LogP contribution is 2.37. The fourth-order valence-electron chi connectivity index (χ4n) is 3.22. The van der Waals surface area contributed by atoms with Crippen molar-refractivity contribution in [1.29, 1.82) is 0 Å². The zero-order chi connectivity index (χ0) is 21.3. The molecule has 0 atom stereocenters. The maximum Gasteiger partial charge on any atom is 0.573 e. The van der Waals surface area contributed by atoms with Gasteiger partial charge in [0.05, 0.1) is 24.5 Å². The van der Waals surface area contributed by atoms with Gasteiger partial charge in [0.2, 0.25) is 0 Å². The molecule has 0 fully saturated rings. The molecule has 0 saturated carbocycles. The molecule has 156 valence electrons. The van der Waals surface area contributed by atoms with Crippen molar-refractivity contribution >= 4 is 11.2 Å². The number of aromatic nitrogens is 4. The van der Waals surface area contributed by atoms with Crippen molar-refractivity contribution in [2.45, 2.75) is 46.0 Å². The van der Waals surface area contributed by atoms with Crippen molar-refractivity contribution in [3.8, 4) is 28.6 Å². The second-order valence-electron chi connectivity index (χ2n) is 6.48. The number of nitrogens with zero attached hydrogens (tertiary/aromatic N) is 4. The lowest BCUT2D eigenvalue weighted by atomic mass is 10.1. The zero-order valence-electron chi connectivity index (χ0n) is 16.4. The Morgan fingerprint density at radius 2 is 1.86 bits per heavy atom. The van der Waals surface area contributed by atoms with E-state index in [1.165, 1.54) is 19.2 Å². The molecule has 0 unspecified atom stereocenters. The van der Waals surface area contributed by atoms with E-state index in [0.29, 0.717) is 22.6 Å². The second kappa shape index (κ2) is 7.76. The smallest absolute Gasteiger partial charge is 0.496 e. The third kappa shape index (κ3) is 4.06. The Morgan fingerprint density at radius 3 is 2.45 bits per heavy atom. The van der Waals surface area contributed by atoms with Crippen LogP contribution in [-0.2, 0) is 0 Å². The van der Waals surface area contributed by atoms with Gasteiger partial charge < -0.3 is 14.6 Å². The Hall–Kier alpha value is -3.04. The lowest BCUT2D eigenvalue weighted by molar-refractivity contribution is -0.274. The van der Waals surface area contributed by atoms with Gasteiger partial charge in [-0.15, -0.1) is 18.3 Å². The molecular formula is C19H21F3N4O3. The molecular weight excluding hydrogens is 389 g/mol. The van der Waals surface area contributed by atoms with Crippen LogP contribution in [0.15, 0.2) is 18.2 Å². The van der Waals surface area contributed by atoms with E-state index in [4.69, 9.17) is 4.74 Å². The number of fused-ring (bicyclic) bond motifs is 1.